The van der Waals surface area contributed by atoms with Gasteiger partial charge in [-0.05, 0) is 44.2 Å². The van der Waals surface area contributed by atoms with Gasteiger partial charge in [-0.3, -0.25) is 9.36 Å². The summed E-state index contributed by atoms with van der Waals surface area (Å²) in [7, 11) is 0. The number of carbonyl (C=O) groups is 1. The summed E-state index contributed by atoms with van der Waals surface area (Å²) in [6.07, 6.45) is 1.71. The molecule has 2 aliphatic heterocycles. The largest absolute Gasteiger partial charge is 0.378 e. The number of halogens is 3. The number of benzene rings is 1. The van der Waals surface area contributed by atoms with Gasteiger partial charge < -0.3 is 19.9 Å². The molecule has 3 aliphatic rings. The average Bonchev–Trinajstić information content (AvgIpc) is 3.50. The molecular formula is C26H30BrF2N7O2. The number of nitrogens with zero attached hydrogens (tertiary/aromatic N) is 6. The number of alkyl halides is 3. The molecule has 1 N–H and O–H groups in total. The van der Waals surface area contributed by atoms with Gasteiger partial charge in [0, 0.05) is 37.8 Å². The first-order valence-electron chi connectivity index (χ1n) is 13.2. The van der Waals surface area contributed by atoms with Gasteiger partial charge in [0.2, 0.25) is 11.9 Å². The summed E-state index contributed by atoms with van der Waals surface area (Å²) in [5, 5.41) is 3.55. The van der Waals surface area contributed by atoms with Crippen LogP contribution in [0.25, 0.3) is 16.9 Å². The third-order valence-corrected chi connectivity index (χ3v) is 8.52. The first kappa shape index (κ1) is 25.4. The second-order valence-electron chi connectivity index (χ2n) is 10.0. The van der Waals surface area contributed by atoms with Crippen molar-refractivity contribution in [1.82, 2.24) is 24.4 Å². The Hall–Kier alpha value is -2.86. The number of likely N-dealkylation sites (tertiary alicyclic amines) is 1. The van der Waals surface area contributed by atoms with Crippen LogP contribution in [0.3, 0.4) is 0 Å². The van der Waals surface area contributed by atoms with Crippen LogP contribution in [0, 0.1) is 0 Å². The number of aromatic nitrogens is 4. The number of amides is 1. The highest BCUT2D eigenvalue weighted by Gasteiger charge is 2.36. The Bertz CT molecular complexity index is 1310. The van der Waals surface area contributed by atoms with Crippen molar-refractivity contribution in [1.29, 1.82) is 0 Å². The molecule has 38 heavy (non-hydrogen) atoms. The van der Waals surface area contributed by atoms with Crippen LogP contribution in [0.2, 0.25) is 0 Å². The number of ether oxygens (including phenoxy) is 1. The minimum absolute atomic E-state index is 0.0613. The minimum atomic E-state index is -2.76. The van der Waals surface area contributed by atoms with Crippen LogP contribution in [0.5, 0.6) is 0 Å². The van der Waals surface area contributed by atoms with E-state index in [9.17, 15) is 13.6 Å². The van der Waals surface area contributed by atoms with E-state index >= 15 is 0 Å². The predicted molar refractivity (Wildman–Crippen MR) is 143 cm³/mol. The lowest BCUT2D eigenvalue weighted by molar-refractivity contribution is -0.129. The predicted octanol–water partition coefficient (Wildman–Crippen LogP) is 4.31. The maximum Gasteiger partial charge on any atom is 0.296 e. The molecule has 12 heteroatoms. The summed E-state index contributed by atoms with van der Waals surface area (Å²) >= 11 is 3.48. The molecular weight excluding hydrogens is 560 g/mol. The zero-order valence-electron chi connectivity index (χ0n) is 20.9. The molecule has 1 unspecified atom stereocenters. The molecule has 202 valence electrons. The summed E-state index contributed by atoms with van der Waals surface area (Å²) in [5.41, 5.74) is 1.06. The van der Waals surface area contributed by atoms with Gasteiger partial charge in [0.15, 0.2) is 5.82 Å². The molecule has 2 aromatic heterocycles. The molecule has 9 nitrogen and oxygen atoms in total. The first-order valence-corrected chi connectivity index (χ1v) is 14.1. The van der Waals surface area contributed by atoms with E-state index in [2.05, 4.69) is 26.2 Å². The number of carbonyl (C=O) groups excluding carboxylic acids is 1. The Morgan fingerprint density at radius 1 is 1.00 bits per heavy atom. The van der Waals surface area contributed by atoms with Gasteiger partial charge in [0.1, 0.15) is 11.6 Å². The molecule has 1 saturated carbocycles. The third-order valence-electron chi connectivity index (χ3n) is 7.67. The van der Waals surface area contributed by atoms with E-state index in [1.54, 1.807) is 30.3 Å². The molecule has 0 radical (unpaired) electrons. The first-order chi connectivity index (χ1) is 18.5. The third kappa shape index (κ3) is 4.95. The van der Waals surface area contributed by atoms with E-state index in [0.29, 0.717) is 54.9 Å². The fraction of sp³-hybridized carbons (Fsp3) is 0.538. The lowest BCUT2D eigenvalue weighted by atomic mass is 9.90. The molecule has 0 bridgehead atoms. The Balaban J connectivity index is 1.29. The Kier molecular flexibility index (Phi) is 7.17. The minimum Gasteiger partial charge on any atom is -0.378 e. The Morgan fingerprint density at radius 3 is 2.47 bits per heavy atom. The van der Waals surface area contributed by atoms with Gasteiger partial charge in [0.25, 0.3) is 6.43 Å². The summed E-state index contributed by atoms with van der Waals surface area (Å²) in [5.74, 6) is 1.28. The van der Waals surface area contributed by atoms with Crippen LogP contribution in [-0.2, 0) is 9.53 Å². The topological polar surface area (TPSA) is 88.4 Å². The maximum atomic E-state index is 14.1. The van der Waals surface area contributed by atoms with E-state index in [1.807, 2.05) is 9.80 Å². The molecule has 1 aliphatic carbocycles. The van der Waals surface area contributed by atoms with Crippen molar-refractivity contribution < 1.29 is 18.3 Å². The zero-order valence-corrected chi connectivity index (χ0v) is 22.5. The van der Waals surface area contributed by atoms with Crippen LogP contribution in [0.15, 0.2) is 30.3 Å². The summed E-state index contributed by atoms with van der Waals surface area (Å²) in [6.45, 7) is 3.17. The number of nitrogens with one attached hydrogen (secondary N) is 1. The number of fused-ring (bicyclic) bond motifs is 1. The molecule has 1 aromatic carbocycles. The lowest BCUT2D eigenvalue weighted by Crippen LogP contribution is -2.42. The quantitative estimate of drug-likeness (QED) is 0.429. The van der Waals surface area contributed by atoms with Crippen LogP contribution in [0.4, 0.5) is 20.5 Å². The van der Waals surface area contributed by atoms with Crippen molar-refractivity contribution in [3.8, 4) is 5.82 Å². The fourth-order valence-electron chi connectivity index (χ4n) is 5.72. The Morgan fingerprint density at radius 2 is 1.76 bits per heavy atom. The molecule has 4 heterocycles. The van der Waals surface area contributed by atoms with E-state index in [-0.39, 0.29) is 28.6 Å². The van der Waals surface area contributed by atoms with Crippen LogP contribution in [0.1, 0.15) is 44.4 Å². The van der Waals surface area contributed by atoms with Gasteiger partial charge in [-0.15, -0.1) is 0 Å². The zero-order chi connectivity index (χ0) is 26.2. The normalized spacial score (nSPS) is 24.5. The van der Waals surface area contributed by atoms with Crippen LogP contribution >= 0.6 is 15.9 Å². The average molecular weight is 590 g/mol. The fourth-order valence-corrected chi connectivity index (χ4v) is 6.18. The highest BCUT2D eigenvalue weighted by molar-refractivity contribution is 9.10. The monoisotopic (exact) mass is 589 g/mol. The van der Waals surface area contributed by atoms with Gasteiger partial charge >= 0.3 is 0 Å². The second kappa shape index (κ2) is 10.7. The van der Waals surface area contributed by atoms with E-state index in [0.717, 1.165) is 38.6 Å². The van der Waals surface area contributed by atoms with Crippen molar-refractivity contribution in [3.05, 3.63) is 36.2 Å². The van der Waals surface area contributed by atoms with Crippen molar-refractivity contribution in [2.75, 3.05) is 43.1 Å². The summed E-state index contributed by atoms with van der Waals surface area (Å²) in [4.78, 5) is 30.1. The summed E-state index contributed by atoms with van der Waals surface area (Å²) < 4.78 is 35.1. The molecule has 1 atom stereocenters. The number of hydrogen-bond acceptors (Lipinski definition) is 7. The van der Waals surface area contributed by atoms with Crippen LogP contribution in [-0.4, -0.2) is 80.1 Å². The van der Waals surface area contributed by atoms with Gasteiger partial charge in [0.05, 0.1) is 29.1 Å². The number of morpholine rings is 1. The molecule has 0 spiro atoms. The van der Waals surface area contributed by atoms with Gasteiger partial charge in [-0.25, -0.2) is 13.8 Å². The van der Waals surface area contributed by atoms with Crippen LogP contribution < -0.4 is 10.2 Å². The van der Waals surface area contributed by atoms with E-state index in [1.165, 1.54) is 4.57 Å². The molecule has 3 aromatic rings. The van der Waals surface area contributed by atoms with Gasteiger partial charge in [-0.2, -0.15) is 9.97 Å². The second-order valence-corrected chi connectivity index (χ2v) is 11.1. The highest BCUT2D eigenvalue weighted by atomic mass is 79.9. The number of hydrogen-bond donors (Lipinski definition) is 1. The van der Waals surface area contributed by atoms with Crippen molar-refractivity contribution in [3.63, 3.8) is 0 Å². The molecule has 2 saturated heterocycles. The molecule has 6 rings (SSSR count). The van der Waals surface area contributed by atoms with Crippen molar-refractivity contribution in [2.24, 2.45) is 0 Å². The SMILES string of the molecule is O=C1C(Br)CCN1C1CCC(Nc2cc(-n3c(C(F)F)nc4ccccc43)nc(N3CCOCC3)n2)CC1. The molecule has 3 fully saturated rings. The number of imidazole rings is 1. The number of rotatable bonds is 6. The van der Waals surface area contributed by atoms with Crippen molar-refractivity contribution in [2.45, 2.75) is 55.4 Å². The maximum absolute atomic E-state index is 14.1. The summed E-state index contributed by atoms with van der Waals surface area (Å²) in [6, 6.07) is 9.25. The van der Waals surface area contributed by atoms with E-state index < -0.39 is 6.43 Å². The molecule has 1 amide bonds. The smallest absolute Gasteiger partial charge is 0.296 e. The lowest BCUT2D eigenvalue weighted by Gasteiger charge is -2.35. The van der Waals surface area contributed by atoms with Crippen molar-refractivity contribution >= 4 is 44.6 Å². The number of anilines is 2. The standard InChI is InChI=1S/C26H30BrF2N7O2/c27-18-9-10-35(25(18)37)17-7-5-16(6-8-17)30-21-15-22(33-26(32-21)34-11-13-38-14-12-34)36-20-4-2-1-3-19(20)31-24(36)23(28)29/h1-4,15-18,23H,5-14H2,(H,30,32,33). The Labute approximate surface area is 227 Å². The van der Waals surface area contributed by atoms with Gasteiger partial charge in [-0.1, -0.05) is 28.1 Å². The highest BCUT2D eigenvalue weighted by Crippen LogP contribution is 2.32. The van der Waals surface area contributed by atoms with E-state index in [4.69, 9.17) is 14.7 Å². The number of para-hydroxylation sites is 2.